The summed E-state index contributed by atoms with van der Waals surface area (Å²) in [5.74, 6) is 0.294. The molecule has 3 aromatic rings. The molecule has 1 aliphatic heterocycles. The van der Waals surface area contributed by atoms with Crippen LogP contribution in [-0.2, 0) is 11.3 Å². The number of rotatable bonds is 9. The first-order chi connectivity index (χ1) is 17.8. The molecule has 37 heavy (non-hydrogen) atoms. The van der Waals surface area contributed by atoms with Gasteiger partial charge in [0, 0.05) is 19.3 Å². The van der Waals surface area contributed by atoms with E-state index in [0.29, 0.717) is 22.9 Å². The summed E-state index contributed by atoms with van der Waals surface area (Å²) >= 11 is 0. The van der Waals surface area contributed by atoms with E-state index in [-0.39, 0.29) is 43.5 Å². The lowest BCUT2D eigenvalue weighted by atomic mass is 10.1. The molecule has 10 heteroatoms. The van der Waals surface area contributed by atoms with Gasteiger partial charge in [0.25, 0.3) is 11.8 Å². The van der Waals surface area contributed by atoms with E-state index in [0.717, 1.165) is 10.5 Å². The number of aliphatic hydroxyl groups is 1. The third-order valence-corrected chi connectivity index (χ3v) is 5.84. The maximum Gasteiger partial charge on any atom is 0.331 e. The quantitative estimate of drug-likeness (QED) is 0.444. The summed E-state index contributed by atoms with van der Waals surface area (Å²) in [6, 6.07) is 17.0. The molecule has 3 aromatic carbocycles. The Hall–Kier alpha value is -4.44. The second-order valence-corrected chi connectivity index (χ2v) is 8.38. The molecular formula is C27H26FN3O6. The Morgan fingerprint density at radius 2 is 1.68 bits per heavy atom. The number of benzene rings is 3. The fraction of sp³-hybridized carbons (Fsp3) is 0.222. The van der Waals surface area contributed by atoms with Crippen molar-refractivity contribution in [3.05, 3.63) is 83.7 Å². The van der Waals surface area contributed by atoms with Gasteiger partial charge in [0.15, 0.2) is 0 Å². The van der Waals surface area contributed by atoms with Crippen molar-refractivity contribution in [2.45, 2.75) is 6.54 Å². The smallest absolute Gasteiger partial charge is 0.331 e. The van der Waals surface area contributed by atoms with E-state index in [2.05, 4.69) is 0 Å². The van der Waals surface area contributed by atoms with Crippen molar-refractivity contribution in [3.8, 4) is 17.2 Å². The summed E-state index contributed by atoms with van der Waals surface area (Å²) in [5, 5.41) is 9.13. The molecule has 1 saturated heterocycles. The molecule has 9 nitrogen and oxygen atoms in total. The molecule has 0 spiro atoms. The first-order valence-electron chi connectivity index (χ1n) is 11.5. The SMILES string of the molecule is COc1ccc(N2CC(=O)N(CCO)C2=O)cc1C(=O)N(C)Cc1ccc(Oc2ccc(F)cc2)cc1. The largest absolute Gasteiger partial charge is 0.496 e. The van der Waals surface area contributed by atoms with Crippen molar-refractivity contribution in [2.24, 2.45) is 0 Å². The Balaban J connectivity index is 1.47. The lowest BCUT2D eigenvalue weighted by Crippen LogP contribution is -2.35. The molecule has 4 amide bonds. The number of aliphatic hydroxyl groups excluding tert-OH is 1. The minimum Gasteiger partial charge on any atom is -0.496 e. The molecule has 0 unspecified atom stereocenters. The van der Waals surface area contributed by atoms with Crippen molar-refractivity contribution < 1.29 is 33.4 Å². The van der Waals surface area contributed by atoms with Gasteiger partial charge in [-0.3, -0.25) is 19.4 Å². The highest BCUT2D eigenvalue weighted by Crippen LogP contribution is 2.29. The van der Waals surface area contributed by atoms with Crippen molar-refractivity contribution >= 4 is 23.5 Å². The highest BCUT2D eigenvalue weighted by Gasteiger charge is 2.37. The topological polar surface area (TPSA) is 99.6 Å². The van der Waals surface area contributed by atoms with Crippen molar-refractivity contribution in [3.63, 3.8) is 0 Å². The predicted octanol–water partition coefficient (Wildman–Crippen LogP) is 3.66. The Bertz CT molecular complexity index is 1300. The Morgan fingerprint density at radius 3 is 2.30 bits per heavy atom. The molecule has 0 atom stereocenters. The first kappa shape index (κ1) is 25.6. The molecule has 4 rings (SSSR count). The first-order valence-corrected chi connectivity index (χ1v) is 11.5. The van der Waals surface area contributed by atoms with E-state index in [1.807, 2.05) is 12.1 Å². The van der Waals surface area contributed by atoms with Crippen LogP contribution in [0.3, 0.4) is 0 Å². The summed E-state index contributed by atoms with van der Waals surface area (Å²) in [5.41, 5.74) is 1.45. The van der Waals surface area contributed by atoms with E-state index in [9.17, 15) is 18.8 Å². The van der Waals surface area contributed by atoms with Crippen molar-refractivity contribution in [1.82, 2.24) is 9.80 Å². The molecule has 0 aromatic heterocycles. The molecule has 0 radical (unpaired) electrons. The zero-order valence-corrected chi connectivity index (χ0v) is 20.4. The number of hydrogen-bond donors (Lipinski definition) is 1. The molecule has 1 heterocycles. The summed E-state index contributed by atoms with van der Waals surface area (Å²) < 4.78 is 24.2. The van der Waals surface area contributed by atoms with Crippen LogP contribution < -0.4 is 14.4 Å². The molecule has 1 N–H and O–H groups in total. The summed E-state index contributed by atoms with van der Waals surface area (Å²) in [6.07, 6.45) is 0. The number of carbonyl (C=O) groups excluding carboxylic acids is 3. The summed E-state index contributed by atoms with van der Waals surface area (Å²) in [7, 11) is 3.09. The van der Waals surface area contributed by atoms with Crippen LogP contribution in [0, 0.1) is 5.82 Å². The molecule has 1 aliphatic rings. The Morgan fingerprint density at radius 1 is 1.03 bits per heavy atom. The van der Waals surface area contributed by atoms with Crippen LogP contribution in [0.2, 0.25) is 0 Å². The average Bonchev–Trinajstić information content (AvgIpc) is 3.19. The highest BCUT2D eigenvalue weighted by molar-refractivity contribution is 6.12. The number of carbonyl (C=O) groups is 3. The third-order valence-electron chi connectivity index (χ3n) is 5.84. The van der Waals surface area contributed by atoms with E-state index in [1.54, 1.807) is 31.3 Å². The van der Waals surface area contributed by atoms with Crippen LogP contribution in [0.25, 0.3) is 0 Å². The third kappa shape index (κ3) is 5.70. The number of urea groups is 1. The normalized spacial score (nSPS) is 13.2. The zero-order chi connectivity index (χ0) is 26.5. The van der Waals surface area contributed by atoms with Gasteiger partial charge in [0.1, 0.15) is 29.6 Å². The number of nitrogens with zero attached hydrogens (tertiary/aromatic N) is 3. The lowest BCUT2D eigenvalue weighted by molar-refractivity contribution is -0.125. The lowest BCUT2D eigenvalue weighted by Gasteiger charge is -2.21. The van der Waals surface area contributed by atoms with Crippen molar-refractivity contribution in [1.29, 1.82) is 0 Å². The van der Waals surface area contributed by atoms with Gasteiger partial charge in [0.05, 0.1) is 25.8 Å². The number of halogens is 1. The molecule has 1 fully saturated rings. The Labute approximate surface area is 213 Å². The van der Waals surface area contributed by atoms with Gasteiger partial charge in [-0.25, -0.2) is 9.18 Å². The van der Waals surface area contributed by atoms with Crippen LogP contribution in [0.1, 0.15) is 15.9 Å². The second-order valence-electron chi connectivity index (χ2n) is 8.38. The second kappa shape index (κ2) is 11.1. The van der Waals surface area contributed by atoms with Gasteiger partial charge in [-0.2, -0.15) is 0 Å². The molecule has 192 valence electrons. The fourth-order valence-electron chi connectivity index (χ4n) is 3.95. The Kier molecular flexibility index (Phi) is 7.69. The standard InChI is InChI=1S/C27H26FN3O6/c1-29(16-18-3-8-21(9-4-18)37-22-10-5-19(28)6-11-22)26(34)23-15-20(7-12-24(23)36-2)31-17-25(33)30(13-14-32)27(31)35/h3-12,15,32H,13-14,16-17H2,1-2H3. The average molecular weight is 508 g/mol. The summed E-state index contributed by atoms with van der Waals surface area (Å²) in [4.78, 5) is 41.9. The van der Waals surface area contributed by atoms with Crippen LogP contribution >= 0.6 is 0 Å². The predicted molar refractivity (Wildman–Crippen MR) is 133 cm³/mol. The number of hydrogen-bond acceptors (Lipinski definition) is 6. The number of ether oxygens (including phenoxy) is 2. The number of amides is 4. The van der Waals surface area contributed by atoms with E-state index in [1.165, 1.54) is 47.2 Å². The number of methoxy groups -OCH3 is 1. The monoisotopic (exact) mass is 507 g/mol. The van der Waals surface area contributed by atoms with Gasteiger partial charge in [-0.1, -0.05) is 12.1 Å². The van der Waals surface area contributed by atoms with Gasteiger partial charge in [0.2, 0.25) is 0 Å². The summed E-state index contributed by atoms with van der Waals surface area (Å²) in [6.45, 7) is -0.316. The minimum atomic E-state index is -0.557. The van der Waals surface area contributed by atoms with E-state index < -0.39 is 11.9 Å². The number of anilines is 1. The van der Waals surface area contributed by atoms with Crippen LogP contribution in [0.15, 0.2) is 66.7 Å². The number of imide groups is 1. The fourth-order valence-corrected chi connectivity index (χ4v) is 3.95. The van der Waals surface area contributed by atoms with Gasteiger partial charge >= 0.3 is 6.03 Å². The van der Waals surface area contributed by atoms with E-state index in [4.69, 9.17) is 14.6 Å². The molecule has 0 aliphatic carbocycles. The maximum absolute atomic E-state index is 13.3. The van der Waals surface area contributed by atoms with Crippen LogP contribution in [0.4, 0.5) is 14.9 Å². The molecule has 0 saturated carbocycles. The maximum atomic E-state index is 13.3. The minimum absolute atomic E-state index is 0.0907. The van der Waals surface area contributed by atoms with Gasteiger partial charge < -0.3 is 19.5 Å². The highest BCUT2D eigenvalue weighted by atomic mass is 19.1. The van der Waals surface area contributed by atoms with Gasteiger partial charge in [-0.15, -0.1) is 0 Å². The van der Waals surface area contributed by atoms with Gasteiger partial charge in [-0.05, 0) is 60.2 Å². The van der Waals surface area contributed by atoms with Crippen molar-refractivity contribution in [2.75, 3.05) is 38.8 Å². The number of β-amino-alcohol motifs (C(OH)–C–C–N with tert-alkyl or cyclic N) is 1. The zero-order valence-electron chi connectivity index (χ0n) is 20.4. The molecule has 0 bridgehead atoms. The molecular weight excluding hydrogens is 481 g/mol. The van der Waals surface area contributed by atoms with Crippen LogP contribution in [0.5, 0.6) is 17.2 Å². The van der Waals surface area contributed by atoms with Crippen LogP contribution in [-0.4, -0.2) is 66.6 Å². The van der Waals surface area contributed by atoms with E-state index >= 15 is 0 Å².